The minimum atomic E-state index is -0.458. The Morgan fingerprint density at radius 2 is 2.07 bits per heavy atom. The first-order chi connectivity index (χ1) is 13.1. The number of benzene rings is 2. The molecule has 2 aromatic carbocycles. The van der Waals surface area contributed by atoms with Crippen molar-refractivity contribution in [1.29, 1.82) is 5.26 Å². The molecule has 4 rings (SSSR count). The van der Waals surface area contributed by atoms with Crippen molar-refractivity contribution in [3.8, 4) is 11.8 Å². The van der Waals surface area contributed by atoms with E-state index < -0.39 is 5.54 Å². The number of ether oxygens (including phenoxy) is 1. The summed E-state index contributed by atoms with van der Waals surface area (Å²) in [5, 5.41) is 13.6. The second kappa shape index (κ2) is 6.40. The molecule has 0 unspecified atom stereocenters. The molecule has 1 aliphatic carbocycles. The van der Waals surface area contributed by atoms with Gasteiger partial charge in [-0.3, -0.25) is 9.78 Å². The van der Waals surface area contributed by atoms with Crippen molar-refractivity contribution < 1.29 is 9.53 Å². The quantitative estimate of drug-likeness (QED) is 0.770. The highest BCUT2D eigenvalue weighted by Crippen LogP contribution is 2.48. The number of fused-ring (bicyclic) bond motifs is 1. The van der Waals surface area contributed by atoms with Crippen LogP contribution in [0.5, 0.6) is 5.75 Å². The molecule has 0 radical (unpaired) electrons. The van der Waals surface area contributed by atoms with Crippen LogP contribution < -0.4 is 10.1 Å². The largest absolute Gasteiger partial charge is 0.497 e. The standard InChI is InChI=1S/C22H19N3O2/c1-14-5-6-16(27-2)12-18(14)21(26)25-22(7-8-22)19-10-15(13-23)11-20-17(19)4-3-9-24-20/h3-6,9-12H,7-8H2,1-2H3,(H,25,26). The summed E-state index contributed by atoms with van der Waals surface area (Å²) in [6.45, 7) is 1.91. The predicted octanol–water partition coefficient (Wildman–Crippen LogP) is 3.84. The molecule has 0 saturated heterocycles. The van der Waals surface area contributed by atoms with Gasteiger partial charge < -0.3 is 10.1 Å². The van der Waals surface area contributed by atoms with Gasteiger partial charge in [-0.25, -0.2) is 0 Å². The average molecular weight is 357 g/mol. The van der Waals surface area contributed by atoms with E-state index in [-0.39, 0.29) is 5.91 Å². The summed E-state index contributed by atoms with van der Waals surface area (Å²) in [6, 6.07) is 15.2. The van der Waals surface area contributed by atoms with Crippen LogP contribution in [-0.2, 0) is 5.54 Å². The first kappa shape index (κ1) is 17.0. The van der Waals surface area contributed by atoms with Crippen LogP contribution in [0.25, 0.3) is 10.9 Å². The van der Waals surface area contributed by atoms with Crippen LogP contribution in [0, 0.1) is 18.3 Å². The number of hydrogen-bond acceptors (Lipinski definition) is 4. The summed E-state index contributed by atoms with van der Waals surface area (Å²) in [5.41, 5.74) is 3.30. The van der Waals surface area contributed by atoms with E-state index in [9.17, 15) is 10.1 Å². The van der Waals surface area contributed by atoms with Crippen molar-refractivity contribution in [1.82, 2.24) is 10.3 Å². The van der Waals surface area contributed by atoms with Gasteiger partial charge in [0.1, 0.15) is 5.75 Å². The Labute approximate surface area is 157 Å². The first-order valence-corrected chi connectivity index (χ1v) is 8.83. The number of carbonyl (C=O) groups is 1. The molecule has 1 fully saturated rings. The number of methoxy groups -OCH3 is 1. The lowest BCUT2D eigenvalue weighted by molar-refractivity contribution is 0.0930. The fourth-order valence-corrected chi connectivity index (χ4v) is 3.49. The molecular weight excluding hydrogens is 338 g/mol. The van der Waals surface area contributed by atoms with Gasteiger partial charge in [0, 0.05) is 17.1 Å². The lowest BCUT2D eigenvalue weighted by atomic mass is 9.96. The third kappa shape index (κ3) is 3.00. The van der Waals surface area contributed by atoms with E-state index in [1.165, 1.54) is 0 Å². The molecule has 1 aromatic heterocycles. The van der Waals surface area contributed by atoms with Crippen LogP contribution in [0.4, 0.5) is 0 Å². The molecule has 0 aliphatic heterocycles. The molecule has 1 amide bonds. The van der Waals surface area contributed by atoms with E-state index in [1.54, 1.807) is 25.4 Å². The molecule has 0 atom stereocenters. The Bertz CT molecular complexity index is 1090. The number of carbonyl (C=O) groups excluding carboxylic acids is 1. The summed E-state index contributed by atoms with van der Waals surface area (Å²) in [5.74, 6) is 0.514. The van der Waals surface area contributed by atoms with Gasteiger partial charge in [0.05, 0.1) is 29.8 Å². The van der Waals surface area contributed by atoms with Crippen LogP contribution in [-0.4, -0.2) is 18.0 Å². The molecule has 1 N–H and O–H groups in total. The zero-order valence-corrected chi connectivity index (χ0v) is 15.2. The molecule has 0 bridgehead atoms. The van der Waals surface area contributed by atoms with Gasteiger partial charge in [-0.05, 0) is 61.2 Å². The van der Waals surface area contributed by atoms with Crippen molar-refractivity contribution in [3.05, 3.63) is 70.9 Å². The Morgan fingerprint density at radius 1 is 1.26 bits per heavy atom. The topological polar surface area (TPSA) is 75.0 Å². The van der Waals surface area contributed by atoms with E-state index in [0.29, 0.717) is 16.9 Å². The number of nitrogens with one attached hydrogen (secondary N) is 1. The van der Waals surface area contributed by atoms with Crippen LogP contribution >= 0.6 is 0 Å². The second-order valence-corrected chi connectivity index (χ2v) is 6.92. The number of pyridine rings is 1. The second-order valence-electron chi connectivity index (χ2n) is 6.92. The van der Waals surface area contributed by atoms with Crippen LogP contribution in [0.2, 0.25) is 0 Å². The van der Waals surface area contributed by atoms with E-state index in [0.717, 1.165) is 34.9 Å². The minimum Gasteiger partial charge on any atom is -0.497 e. The predicted molar refractivity (Wildman–Crippen MR) is 103 cm³/mol. The maximum absolute atomic E-state index is 13.0. The highest BCUT2D eigenvalue weighted by Gasteiger charge is 2.47. The highest BCUT2D eigenvalue weighted by molar-refractivity contribution is 5.97. The van der Waals surface area contributed by atoms with Gasteiger partial charge >= 0.3 is 0 Å². The van der Waals surface area contributed by atoms with Gasteiger partial charge in [-0.1, -0.05) is 12.1 Å². The van der Waals surface area contributed by atoms with Crippen LogP contribution in [0.1, 0.15) is 39.9 Å². The summed E-state index contributed by atoms with van der Waals surface area (Å²) in [6.07, 6.45) is 3.38. The van der Waals surface area contributed by atoms with Crippen LogP contribution in [0.3, 0.4) is 0 Å². The maximum atomic E-state index is 13.0. The van der Waals surface area contributed by atoms with Gasteiger partial charge in [0.25, 0.3) is 5.91 Å². The number of amides is 1. The number of nitrogens with zero attached hydrogens (tertiary/aromatic N) is 2. The number of aryl methyl sites for hydroxylation is 1. The van der Waals surface area contributed by atoms with Gasteiger partial charge in [0.2, 0.25) is 0 Å². The van der Waals surface area contributed by atoms with Gasteiger partial charge in [-0.2, -0.15) is 5.26 Å². The molecule has 27 heavy (non-hydrogen) atoms. The molecular formula is C22H19N3O2. The zero-order chi connectivity index (χ0) is 19.0. The van der Waals surface area contributed by atoms with E-state index in [2.05, 4.69) is 16.4 Å². The van der Waals surface area contributed by atoms with Crippen LogP contribution in [0.15, 0.2) is 48.7 Å². The molecule has 134 valence electrons. The Kier molecular flexibility index (Phi) is 4.04. The highest BCUT2D eigenvalue weighted by atomic mass is 16.5. The fraction of sp³-hybridized carbons (Fsp3) is 0.227. The van der Waals surface area contributed by atoms with E-state index in [4.69, 9.17) is 4.74 Å². The molecule has 5 nitrogen and oxygen atoms in total. The monoisotopic (exact) mass is 357 g/mol. The lowest BCUT2D eigenvalue weighted by Gasteiger charge is -2.21. The SMILES string of the molecule is COc1ccc(C)c(C(=O)NC2(c3cc(C#N)cc4ncccc34)CC2)c1. The normalized spacial score (nSPS) is 14.4. The molecule has 1 saturated carbocycles. The Morgan fingerprint density at radius 3 is 2.78 bits per heavy atom. The Balaban J connectivity index is 1.75. The molecule has 1 heterocycles. The molecule has 1 aliphatic rings. The van der Waals surface area contributed by atoms with Crippen molar-refractivity contribution >= 4 is 16.8 Å². The van der Waals surface area contributed by atoms with Gasteiger partial charge in [-0.15, -0.1) is 0 Å². The third-order valence-electron chi connectivity index (χ3n) is 5.16. The average Bonchev–Trinajstić information content (AvgIpc) is 3.47. The number of hydrogen-bond donors (Lipinski definition) is 1. The van der Waals surface area contributed by atoms with E-state index in [1.807, 2.05) is 37.3 Å². The van der Waals surface area contributed by atoms with E-state index >= 15 is 0 Å². The smallest absolute Gasteiger partial charge is 0.252 e. The fourth-order valence-electron chi connectivity index (χ4n) is 3.49. The zero-order valence-electron chi connectivity index (χ0n) is 15.2. The number of nitriles is 1. The lowest BCUT2D eigenvalue weighted by Crippen LogP contribution is -2.35. The van der Waals surface area contributed by atoms with Crippen molar-refractivity contribution in [2.45, 2.75) is 25.3 Å². The molecule has 0 spiro atoms. The van der Waals surface area contributed by atoms with Crippen molar-refractivity contribution in [2.75, 3.05) is 7.11 Å². The summed E-state index contributed by atoms with van der Waals surface area (Å²) >= 11 is 0. The summed E-state index contributed by atoms with van der Waals surface area (Å²) in [4.78, 5) is 17.4. The van der Waals surface area contributed by atoms with Crippen molar-refractivity contribution in [3.63, 3.8) is 0 Å². The number of rotatable bonds is 4. The molecule has 3 aromatic rings. The molecule has 5 heteroatoms. The minimum absolute atomic E-state index is 0.136. The number of aromatic nitrogens is 1. The summed E-state index contributed by atoms with van der Waals surface area (Å²) in [7, 11) is 1.58. The van der Waals surface area contributed by atoms with Crippen molar-refractivity contribution in [2.24, 2.45) is 0 Å². The van der Waals surface area contributed by atoms with Gasteiger partial charge in [0.15, 0.2) is 0 Å². The third-order valence-corrected chi connectivity index (χ3v) is 5.16. The summed E-state index contributed by atoms with van der Waals surface area (Å²) < 4.78 is 5.25. The first-order valence-electron chi connectivity index (χ1n) is 8.83. The Hall–Kier alpha value is -3.39. The maximum Gasteiger partial charge on any atom is 0.252 e.